The third-order valence-corrected chi connectivity index (χ3v) is 5.75. The number of likely N-dealkylation sites (N-methyl/N-ethyl adjacent to an activating group) is 1. The quantitative estimate of drug-likeness (QED) is 0.583. The number of nitrogens with one attached hydrogen (secondary N) is 1. The van der Waals surface area contributed by atoms with E-state index in [0.29, 0.717) is 13.0 Å². The number of carbonyl (C=O) groups is 2. The van der Waals surface area contributed by atoms with Gasteiger partial charge in [0.1, 0.15) is 6.04 Å². The summed E-state index contributed by atoms with van der Waals surface area (Å²) in [4.78, 5) is 26.6. The van der Waals surface area contributed by atoms with Gasteiger partial charge in [-0.1, -0.05) is 58.4 Å². The Kier molecular flexibility index (Phi) is 8.88. The van der Waals surface area contributed by atoms with Crippen LogP contribution >= 0.6 is 27.7 Å². The lowest BCUT2D eigenvalue weighted by Gasteiger charge is -2.28. The molecule has 0 aliphatic heterocycles. The zero-order valence-corrected chi connectivity index (χ0v) is 18.1. The Bertz CT molecular complexity index is 755. The molecule has 0 saturated carbocycles. The van der Waals surface area contributed by atoms with Gasteiger partial charge in [0.25, 0.3) is 0 Å². The molecule has 0 bridgehead atoms. The van der Waals surface area contributed by atoms with Crippen molar-refractivity contribution >= 4 is 39.5 Å². The Morgan fingerprint density at radius 1 is 1.11 bits per heavy atom. The number of hydrogen-bond acceptors (Lipinski definition) is 3. The first-order valence-electron chi connectivity index (χ1n) is 8.88. The predicted molar refractivity (Wildman–Crippen MR) is 115 cm³/mol. The molecule has 0 spiro atoms. The zero-order valence-electron chi connectivity index (χ0n) is 15.7. The fraction of sp³-hybridized carbons (Fsp3) is 0.333. The normalized spacial score (nSPS) is 11.7. The topological polar surface area (TPSA) is 49.4 Å². The molecule has 2 rings (SSSR count). The Morgan fingerprint density at radius 3 is 2.48 bits per heavy atom. The highest BCUT2D eigenvalue weighted by Crippen LogP contribution is 2.18. The molecule has 0 heterocycles. The molecule has 4 nitrogen and oxygen atoms in total. The summed E-state index contributed by atoms with van der Waals surface area (Å²) in [5.74, 6) is 1.44. The lowest BCUT2D eigenvalue weighted by atomic mass is 10.1. The average Bonchev–Trinajstić information content (AvgIpc) is 2.69. The van der Waals surface area contributed by atoms with Crippen LogP contribution in [-0.4, -0.2) is 35.6 Å². The molecular weight excluding hydrogens is 424 g/mol. The van der Waals surface area contributed by atoms with E-state index in [1.54, 1.807) is 30.6 Å². The first kappa shape index (κ1) is 21.5. The Hall–Kier alpha value is -1.79. The molecule has 1 N–H and O–H groups in total. The molecule has 0 saturated heterocycles. The van der Waals surface area contributed by atoms with Crippen molar-refractivity contribution in [1.29, 1.82) is 0 Å². The summed E-state index contributed by atoms with van der Waals surface area (Å²) in [6.07, 6.45) is 0.410. The highest BCUT2D eigenvalue weighted by molar-refractivity contribution is 9.10. The number of thioether (sulfide) groups is 1. The monoisotopic (exact) mass is 448 g/mol. The summed E-state index contributed by atoms with van der Waals surface area (Å²) in [5.41, 5.74) is 2.24. The van der Waals surface area contributed by atoms with E-state index in [1.807, 2.05) is 42.5 Å². The van der Waals surface area contributed by atoms with Crippen LogP contribution in [0.15, 0.2) is 59.1 Å². The molecule has 144 valence electrons. The molecule has 0 radical (unpaired) electrons. The lowest BCUT2D eigenvalue weighted by Crippen LogP contribution is -2.46. The second kappa shape index (κ2) is 11.1. The van der Waals surface area contributed by atoms with Crippen LogP contribution in [0, 0.1) is 0 Å². The molecule has 0 aliphatic rings. The van der Waals surface area contributed by atoms with Crippen LogP contribution in [0.3, 0.4) is 0 Å². The van der Waals surface area contributed by atoms with E-state index in [-0.39, 0.29) is 11.8 Å². The minimum Gasteiger partial charge on any atom is -0.357 e. The van der Waals surface area contributed by atoms with Gasteiger partial charge in [0.05, 0.1) is 0 Å². The summed E-state index contributed by atoms with van der Waals surface area (Å²) >= 11 is 5.19. The van der Waals surface area contributed by atoms with Crippen molar-refractivity contribution in [1.82, 2.24) is 10.2 Å². The van der Waals surface area contributed by atoms with Gasteiger partial charge in [-0.15, -0.1) is 0 Å². The van der Waals surface area contributed by atoms with E-state index in [0.717, 1.165) is 21.5 Å². The summed E-state index contributed by atoms with van der Waals surface area (Å²) < 4.78 is 0.957. The van der Waals surface area contributed by atoms with Crippen molar-refractivity contribution in [2.45, 2.75) is 31.7 Å². The standard InChI is InChI=1S/C21H25BrN2O2S/c1-16(21(26)23-2)24(14-18-9-6-10-19(22)13-18)20(25)11-12-27-15-17-7-4-3-5-8-17/h3-10,13,16H,11-12,14-15H2,1-2H3,(H,23,26)/t16-/m0/s1. The van der Waals surface area contributed by atoms with Crippen LogP contribution in [0.2, 0.25) is 0 Å². The van der Waals surface area contributed by atoms with E-state index in [9.17, 15) is 9.59 Å². The van der Waals surface area contributed by atoms with Crippen LogP contribution in [0.5, 0.6) is 0 Å². The van der Waals surface area contributed by atoms with Gasteiger partial charge < -0.3 is 10.2 Å². The van der Waals surface area contributed by atoms with Crippen LogP contribution in [0.4, 0.5) is 0 Å². The van der Waals surface area contributed by atoms with E-state index in [2.05, 4.69) is 33.4 Å². The minimum atomic E-state index is -0.513. The Balaban J connectivity index is 1.96. The molecule has 2 amide bonds. The fourth-order valence-corrected chi connectivity index (χ4v) is 4.03. The Morgan fingerprint density at radius 2 is 1.81 bits per heavy atom. The summed E-state index contributed by atoms with van der Waals surface area (Å²) in [6, 6.07) is 17.5. The number of amides is 2. The molecule has 2 aromatic rings. The number of benzene rings is 2. The smallest absolute Gasteiger partial charge is 0.242 e. The van der Waals surface area contributed by atoms with Gasteiger partial charge in [0, 0.05) is 36.0 Å². The van der Waals surface area contributed by atoms with Crippen molar-refractivity contribution in [2.75, 3.05) is 12.8 Å². The maximum Gasteiger partial charge on any atom is 0.242 e. The highest BCUT2D eigenvalue weighted by atomic mass is 79.9. The van der Waals surface area contributed by atoms with Crippen LogP contribution in [-0.2, 0) is 21.9 Å². The van der Waals surface area contributed by atoms with Crippen molar-refractivity contribution in [2.24, 2.45) is 0 Å². The maximum atomic E-state index is 12.8. The number of carbonyl (C=O) groups excluding carboxylic acids is 2. The third-order valence-electron chi connectivity index (χ3n) is 4.23. The molecule has 6 heteroatoms. The van der Waals surface area contributed by atoms with E-state index in [4.69, 9.17) is 0 Å². The fourth-order valence-electron chi connectivity index (χ4n) is 2.69. The van der Waals surface area contributed by atoms with Gasteiger partial charge in [-0.3, -0.25) is 9.59 Å². The summed E-state index contributed by atoms with van der Waals surface area (Å²) in [6.45, 7) is 2.18. The van der Waals surface area contributed by atoms with Gasteiger partial charge >= 0.3 is 0 Å². The third kappa shape index (κ3) is 7.03. The number of nitrogens with zero attached hydrogens (tertiary/aromatic N) is 1. The van der Waals surface area contributed by atoms with E-state index < -0.39 is 6.04 Å². The highest BCUT2D eigenvalue weighted by Gasteiger charge is 2.25. The average molecular weight is 449 g/mol. The van der Waals surface area contributed by atoms with Crippen LogP contribution in [0.1, 0.15) is 24.5 Å². The van der Waals surface area contributed by atoms with Gasteiger partial charge in [-0.05, 0) is 30.2 Å². The molecule has 0 aromatic heterocycles. The number of rotatable bonds is 9. The lowest BCUT2D eigenvalue weighted by molar-refractivity contribution is -0.140. The molecular formula is C21H25BrN2O2S. The van der Waals surface area contributed by atoms with E-state index in [1.165, 1.54) is 5.56 Å². The van der Waals surface area contributed by atoms with Crippen molar-refractivity contribution in [3.05, 3.63) is 70.2 Å². The van der Waals surface area contributed by atoms with Crippen LogP contribution in [0.25, 0.3) is 0 Å². The number of halogens is 1. The molecule has 2 aromatic carbocycles. The van der Waals surface area contributed by atoms with Gasteiger partial charge in [-0.25, -0.2) is 0 Å². The van der Waals surface area contributed by atoms with Crippen molar-refractivity contribution in [3.63, 3.8) is 0 Å². The van der Waals surface area contributed by atoms with Gasteiger partial charge in [0.2, 0.25) is 11.8 Å². The van der Waals surface area contributed by atoms with Crippen LogP contribution < -0.4 is 5.32 Å². The summed E-state index contributed by atoms with van der Waals surface area (Å²) in [5, 5.41) is 2.64. The Labute approximate surface area is 173 Å². The molecule has 27 heavy (non-hydrogen) atoms. The molecule has 0 fully saturated rings. The predicted octanol–water partition coefficient (Wildman–Crippen LogP) is 4.24. The minimum absolute atomic E-state index is 0.00774. The van der Waals surface area contributed by atoms with E-state index >= 15 is 0 Å². The first-order valence-corrected chi connectivity index (χ1v) is 10.8. The first-order chi connectivity index (χ1) is 13.0. The summed E-state index contributed by atoms with van der Waals surface area (Å²) in [7, 11) is 1.59. The molecule has 0 unspecified atom stereocenters. The van der Waals surface area contributed by atoms with Gasteiger partial charge in [0.15, 0.2) is 0 Å². The number of hydrogen-bond donors (Lipinski definition) is 1. The molecule has 1 atom stereocenters. The SMILES string of the molecule is CNC(=O)[C@H](C)N(Cc1cccc(Br)c1)C(=O)CCSCc1ccccc1. The molecule has 0 aliphatic carbocycles. The van der Waals surface area contributed by atoms with Crippen molar-refractivity contribution < 1.29 is 9.59 Å². The van der Waals surface area contributed by atoms with Gasteiger partial charge in [-0.2, -0.15) is 11.8 Å². The maximum absolute atomic E-state index is 12.8. The second-order valence-electron chi connectivity index (χ2n) is 6.23. The zero-order chi connectivity index (χ0) is 19.6. The largest absolute Gasteiger partial charge is 0.357 e. The second-order valence-corrected chi connectivity index (χ2v) is 8.25. The van der Waals surface area contributed by atoms with Crippen molar-refractivity contribution in [3.8, 4) is 0 Å².